The Morgan fingerprint density at radius 2 is 1.75 bits per heavy atom. The minimum absolute atomic E-state index is 0.0354. The zero-order chi connectivity index (χ0) is 22.5. The van der Waals surface area contributed by atoms with Gasteiger partial charge in [0.2, 0.25) is 5.91 Å². The van der Waals surface area contributed by atoms with E-state index in [0.29, 0.717) is 24.8 Å². The summed E-state index contributed by atoms with van der Waals surface area (Å²) in [6.45, 7) is 4.83. The molecule has 1 amide bonds. The van der Waals surface area contributed by atoms with Crippen LogP contribution in [0.3, 0.4) is 0 Å². The number of pyridine rings is 1. The van der Waals surface area contributed by atoms with Gasteiger partial charge in [0.1, 0.15) is 0 Å². The number of H-pyrrole nitrogens is 1. The Bertz CT molecular complexity index is 1190. The predicted molar refractivity (Wildman–Crippen MR) is 128 cm³/mol. The zero-order valence-electron chi connectivity index (χ0n) is 18.3. The molecule has 0 unspecified atom stereocenters. The number of amides is 1. The van der Waals surface area contributed by atoms with Crippen molar-refractivity contribution >= 4 is 11.9 Å². The van der Waals surface area contributed by atoms with Gasteiger partial charge in [0.25, 0.3) is 0 Å². The summed E-state index contributed by atoms with van der Waals surface area (Å²) in [5, 5.41) is 2.97. The first kappa shape index (κ1) is 21.3. The van der Waals surface area contributed by atoms with Crippen molar-refractivity contribution in [1.29, 1.82) is 0 Å². The number of carbonyl (C=O) groups excluding carboxylic acids is 1. The first-order valence-corrected chi connectivity index (χ1v) is 10.7. The molecular formula is C26H27N5O. The van der Waals surface area contributed by atoms with E-state index in [2.05, 4.69) is 58.4 Å². The van der Waals surface area contributed by atoms with E-state index in [9.17, 15) is 4.79 Å². The maximum Gasteiger partial charge on any atom is 0.224 e. The Kier molecular flexibility index (Phi) is 6.31. The van der Waals surface area contributed by atoms with E-state index in [1.54, 1.807) is 12.4 Å². The van der Waals surface area contributed by atoms with E-state index in [-0.39, 0.29) is 5.91 Å². The lowest BCUT2D eigenvalue weighted by molar-refractivity contribution is -0.120. The van der Waals surface area contributed by atoms with Crippen molar-refractivity contribution in [2.24, 2.45) is 0 Å². The lowest BCUT2D eigenvalue weighted by Gasteiger charge is -2.09. The fraction of sp³-hybridized carbons (Fsp3) is 0.192. The van der Waals surface area contributed by atoms with Crippen LogP contribution >= 0.6 is 0 Å². The van der Waals surface area contributed by atoms with Gasteiger partial charge in [-0.2, -0.15) is 0 Å². The molecule has 0 spiro atoms. The normalized spacial score (nSPS) is 11.0. The van der Waals surface area contributed by atoms with Crippen molar-refractivity contribution in [3.05, 3.63) is 89.7 Å². The van der Waals surface area contributed by atoms with Crippen LogP contribution in [-0.4, -0.2) is 20.9 Å². The minimum Gasteiger partial charge on any atom is -0.369 e. The monoisotopic (exact) mass is 425 g/mol. The molecule has 0 radical (unpaired) electrons. The number of benzene rings is 2. The SMILES string of the molecule is CC(C)c1cccc(-c2ccc(CC(=O)NCc3ccc(-c4cnc(N)[nH]4)cc3)cn2)c1. The third kappa shape index (κ3) is 5.21. The molecule has 4 N–H and O–H groups in total. The molecule has 0 aliphatic rings. The molecule has 4 rings (SSSR count). The number of nitrogens with zero attached hydrogens (tertiary/aromatic N) is 2. The number of aromatic nitrogens is 3. The van der Waals surface area contributed by atoms with Gasteiger partial charge in [0.15, 0.2) is 5.95 Å². The molecule has 2 aromatic heterocycles. The largest absolute Gasteiger partial charge is 0.369 e. The Balaban J connectivity index is 1.32. The number of nitrogens with two attached hydrogens (primary N) is 1. The predicted octanol–water partition coefficient (Wildman–Crippen LogP) is 4.70. The number of anilines is 1. The minimum atomic E-state index is -0.0354. The van der Waals surface area contributed by atoms with Gasteiger partial charge in [-0.15, -0.1) is 0 Å². The summed E-state index contributed by atoms with van der Waals surface area (Å²) < 4.78 is 0. The molecule has 32 heavy (non-hydrogen) atoms. The average molecular weight is 426 g/mol. The summed E-state index contributed by atoms with van der Waals surface area (Å²) in [7, 11) is 0. The zero-order valence-corrected chi connectivity index (χ0v) is 18.3. The van der Waals surface area contributed by atoms with Crippen molar-refractivity contribution in [3.8, 4) is 22.5 Å². The Morgan fingerprint density at radius 3 is 2.41 bits per heavy atom. The van der Waals surface area contributed by atoms with E-state index in [1.807, 2.05) is 36.4 Å². The molecule has 6 heteroatoms. The second-order valence-electron chi connectivity index (χ2n) is 8.16. The number of imidazole rings is 1. The number of rotatable bonds is 7. The summed E-state index contributed by atoms with van der Waals surface area (Å²) in [6.07, 6.45) is 3.78. The van der Waals surface area contributed by atoms with Gasteiger partial charge in [-0.25, -0.2) is 4.98 Å². The quantitative estimate of drug-likeness (QED) is 0.400. The molecule has 4 aromatic rings. The van der Waals surface area contributed by atoms with Gasteiger partial charge in [0, 0.05) is 18.3 Å². The molecule has 0 aliphatic carbocycles. The van der Waals surface area contributed by atoms with Crippen molar-refractivity contribution in [2.45, 2.75) is 32.7 Å². The highest BCUT2D eigenvalue weighted by Crippen LogP contribution is 2.23. The van der Waals surface area contributed by atoms with Crippen LogP contribution < -0.4 is 11.1 Å². The van der Waals surface area contributed by atoms with Gasteiger partial charge in [-0.1, -0.05) is 62.4 Å². The molecule has 0 saturated carbocycles. The third-order valence-electron chi connectivity index (χ3n) is 5.39. The van der Waals surface area contributed by atoms with E-state index < -0.39 is 0 Å². The number of hydrogen-bond acceptors (Lipinski definition) is 4. The summed E-state index contributed by atoms with van der Waals surface area (Å²) in [5.74, 6) is 0.827. The maximum absolute atomic E-state index is 12.4. The van der Waals surface area contributed by atoms with Gasteiger partial charge < -0.3 is 16.0 Å². The van der Waals surface area contributed by atoms with Gasteiger partial charge in [-0.3, -0.25) is 9.78 Å². The van der Waals surface area contributed by atoms with Crippen LogP contribution in [0.25, 0.3) is 22.5 Å². The molecule has 6 nitrogen and oxygen atoms in total. The van der Waals surface area contributed by atoms with Crippen molar-refractivity contribution in [2.75, 3.05) is 5.73 Å². The van der Waals surface area contributed by atoms with Crippen LogP contribution in [0.4, 0.5) is 5.95 Å². The van der Waals surface area contributed by atoms with E-state index in [0.717, 1.165) is 33.6 Å². The standard InChI is InChI=1S/C26H27N5O/c1-17(2)21-4-3-5-22(13-21)23-11-8-19(15-28-23)12-25(32)29-14-18-6-9-20(10-7-18)24-16-30-26(27)31-24/h3-11,13,15-17H,12,14H2,1-2H3,(H,29,32)(H3,27,30,31). The molecule has 0 saturated heterocycles. The van der Waals surface area contributed by atoms with Crippen LogP contribution in [0.15, 0.2) is 73.1 Å². The third-order valence-corrected chi connectivity index (χ3v) is 5.39. The van der Waals surface area contributed by atoms with E-state index in [4.69, 9.17) is 5.73 Å². The van der Waals surface area contributed by atoms with Crippen LogP contribution in [0.5, 0.6) is 0 Å². The second-order valence-corrected chi connectivity index (χ2v) is 8.16. The van der Waals surface area contributed by atoms with Gasteiger partial charge in [0.05, 0.1) is 24.0 Å². The lowest BCUT2D eigenvalue weighted by Crippen LogP contribution is -2.24. The van der Waals surface area contributed by atoms with Crippen molar-refractivity contribution in [3.63, 3.8) is 0 Å². The molecule has 2 aromatic carbocycles. The molecule has 0 bridgehead atoms. The molecule has 2 heterocycles. The summed E-state index contributed by atoms with van der Waals surface area (Å²) >= 11 is 0. The fourth-order valence-electron chi connectivity index (χ4n) is 3.49. The number of hydrogen-bond donors (Lipinski definition) is 3. The van der Waals surface area contributed by atoms with Crippen LogP contribution in [0.1, 0.15) is 36.5 Å². The van der Waals surface area contributed by atoms with Gasteiger partial charge >= 0.3 is 0 Å². The van der Waals surface area contributed by atoms with E-state index in [1.165, 1.54) is 5.56 Å². The average Bonchev–Trinajstić information content (AvgIpc) is 3.25. The van der Waals surface area contributed by atoms with Crippen LogP contribution in [0, 0.1) is 0 Å². The summed E-state index contributed by atoms with van der Waals surface area (Å²) in [5.41, 5.74) is 12.7. The van der Waals surface area contributed by atoms with Crippen LogP contribution in [0.2, 0.25) is 0 Å². The molecule has 0 atom stereocenters. The first-order valence-electron chi connectivity index (χ1n) is 10.7. The maximum atomic E-state index is 12.4. The second kappa shape index (κ2) is 9.47. The molecular weight excluding hydrogens is 398 g/mol. The van der Waals surface area contributed by atoms with Crippen molar-refractivity contribution < 1.29 is 4.79 Å². The smallest absolute Gasteiger partial charge is 0.224 e. The Hall–Kier alpha value is -3.93. The summed E-state index contributed by atoms with van der Waals surface area (Å²) in [6, 6.07) is 20.3. The molecule has 162 valence electrons. The Morgan fingerprint density at radius 1 is 0.969 bits per heavy atom. The van der Waals surface area contributed by atoms with Crippen LogP contribution in [-0.2, 0) is 17.8 Å². The topological polar surface area (TPSA) is 96.7 Å². The lowest BCUT2D eigenvalue weighted by atomic mass is 9.99. The Labute approximate surface area is 187 Å². The van der Waals surface area contributed by atoms with Crippen molar-refractivity contribution in [1.82, 2.24) is 20.3 Å². The highest BCUT2D eigenvalue weighted by molar-refractivity contribution is 5.78. The fourth-order valence-corrected chi connectivity index (χ4v) is 3.49. The molecule has 0 aliphatic heterocycles. The highest BCUT2D eigenvalue weighted by atomic mass is 16.1. The first-order chi connectivity index (χ1) is 15.5. The molecule has 0 fully saturated rings. The number of nitrogens with one attached hydrogen (secondary N) is 2. The number of nitrogen functional groups attached to an aromatic ring is 1. The van der Waals surface area contributed by atoms with E-state index >= 15 is 0 Å². The highest BCUT2D eigenvalue weighted by Gasteiger charge is 2.07. The van der Waals surface area contributed by atoms with Gasteiger partial charge in [-0.05, 0) is 40.3 Å². The number of aromatic amines is 1. The summed E-state index contributed by atoms with van der Waals surface area (Å²) in [4.78, 5) is 24.0. The number of carbonyl (C=O) groups is 1.